The summed E-state index contributed by atoms with van der Waals surface area (Å²) in [6.45, 7) is 1.17. The lowest BCUT2D eigenvalue weighted by molar-refractivity contribution is 0.0713. The number of ether oxygens (including phenoxy) is 1. The molecule has 4 rings (SSSR count). The van der Waals surface area contributed by atoms with Crippen LogP contribution in [0.5, 0.6) is 5.88 Å². The van der Waals surface area contributed by atoms with E-state index in [4.69, 9.17) is 16.3 Å². The number of anilines is 1. The zero-order chi connectivity index (χ0) is 23.7. The third-order valence-corrected chi connectivity index (χ3v) is 5.55. The Hall–Kier alpha value is -3.60. The molecule has 12 heteroatoms. The zero-order valence-electron chi connectivity index (χ0n) is 17.6. The number of pyridine rings is 2. The number of carbonyl (C=O) groups excluding carboxylic acids is 2. The molecule has 1 aliphatic heterocycles. The minimum absolute atomic E-state index is 0.0648. The van der Waals surface area contributed by atoms with Crippen molar-refractivity contribution in [2.45, 2.75) is 25.9 Å². The number of amides is 2. The summed E-state index contributed by atoms with van der Waals surface area (Å²) in [6, 6.07) is 2.68. The number of alkyl halides is 2. The van der Waals surface area contributed by atoms with Gasteiger partial charge < -0.3 is 19.5 Å². The summed E-state index contributed by atoms with van der Waals surface area (Å²) in [7, 11) is 1.70. The first kappa shape index (κ1) is 22.6. The zero-order valence-corrected chi connectivity index (χ0v) is 18.4. The number of nitrogens with zero attached hydrogens (tertiary/aromatic N) is 5. The Labute approximate surface area is 192 Å². The van der Waals surface area contributed by atoms with Crippen LogP contribution in [0.1, 0.15) is 44.9 Å². The van der Waals surface area contributed by atoms with Crippen LogP contribution < -0.4 is 10.1 Å². The quantitative estimate of drug-likeness (QED) is 0.560. The first-order valence-corrected chi connectivity index (χ1v) is 10.3. The molecule has 1 N–H and O–H groups in total. The average molecular weight is 477 g/mol. The lowest BCUT2D eigenvalue weighted by atomic mass is 10.1. The molecule has 0 aliphatic carbocycles. The second-order valence-electron chi connectivity index (χ2n) is 7.40. The summed E-state index contributed by atoms with van der Waals surface area (Å²) >= 11 is 6.13. The molecule has 172 valence electrons. The summed E-state index contributed by atoms with van der Waals surface area (Å²) in [5.41, 5.74) is 1.95. The minimum Gasteiger partial charge on any atom is -0.471 e. The molecule has 0 radical (unpaired) electrons. The molecule has 2 amide bonds. The Morgan fingerprint density at radius 2 is 2.12 bits per heavy atom. The SMILES string of the molecule is CC(c1cnc(OCC(F)F)c(Cl)c1)N1Cc2c(ccnc2NC(=O)c2cncn2C)C1=O. The van der Waals surface area contributed by atoms with Crippen molar-refractivity contribution in [3.8, 4) is 5.88 Å². The van der Waals surface area contributed by atoms with Gasteiger partial charge in [-0.05, 0) is 24.6 Å². The van der Waals surface area contributed by atoms with E-state index in [1.807, 2.05) is 0 Å². The molecule has 3 aromatic rings. The molecule has 0 fully saturated rings. The van der Waals surface area contributed by atoms with Crippen LogP contribution in [-0.2, 0) is 13.6 Å². The van der Waals surface area contributed by atoms with Gasteiger partial charge in [-0.2, -0.15) is 0 Å². The number of fused-ring (bicyclic) bond motifs is 1. The van der Waals surface area contributed by atoms with Crippen LogP contribution >= 0.6 is 11.6 Å². The lowest BCUT2D eigenvalue weighted by Crippen LogP contribution is -2.27. The van der Waals surface area contributed by atoms with Gasteiger partial charge in [-0.25, -0.2) is 23.7 Å². The van der Waals surface area contributed by atoms with Crippen LogP contribution in [0.4, 0.5) is 14.6 Å². The summed E-state index contributed by atoms with van der Waals surface area (Å²) in [5, 5.41) is 2.81. The number of hydrogen-bond acceptors (Lipinski definition) is 6. The highest BCUT2D eigenvalue weighted by Crippen LogP contribution is 2.35. The predicted octanol–water partition coefficient (Wildman–Crippen LogP) is 3.48. The van der Waals surface area contributed by atoms with Gasteiger partial charge in [0.25, 0.3) is 18.2 Å². The molecule has 9 nitrogen and oxygen atoms in total. The first-order valence-electron chi connectivity index (χ1n) is 9.89. The largest absolute Gasteiger partial charge is 0.471 e. The molecule has 1 aliphatic rings. The third-order valence-electron chi connectivity index (χ3n) is 5.28. The fourth-order valence-electron chi connectivity index (χ4n) is 3.51. The van der Waals surface area contributed by atoms with Gasteiger partial charge in [0.1, 0.15) is 16.5 Å². The highest BCUT2D eigenvalue weighted by molar-refractivity contribution is 6.31. The van der Waals surface area contributed by atoms with Crippen molar-refractivity contribution in [1.82, 2.24) is 24.4 Å². The number of aryl methyl sites for hydroxylation is 1. The van der Waals surface area contributed by atoms with Crippen LogP contribution in [0.15, 0.2) is 37.1 Å². The minimum atomic E-state index is -2.65. The van der Waals surface area contributed by atoms with E-state index >= 15 is 0 Å². The van der Waals surface area contributed by atoms with Gasteiger partial charge in [-0.15, -0.1) is 0 Å². The Bertz CT molecular complexity index is 1220. The van der Waals surface area contributed by atoms with Gasteiger partial charge in [0, 0.05) is 30.6 Å². The van der Waals surface area contributed by atoms with E-state index in [2.05, 4.69) is 20.3 Å². The van der Waals surface area contributed by atoms with E-state index in [0.717, 1.165) is 0 Å². The molecule has 0 spiro atoms. The van der Waals surface area contributed by atoms with Crippen LogP contribution in [0.2, 0.25) is 5.02 Å². The Morgan fingerprint density at radius 1 is 1.33 bits per heavy atom. The number of rotatable bonds is 7. The Balaban J connectivity index is 1.54. The second-order valence-corrected chi connectivity index (χ2v) is 7.80. The molecular formula is C21H19ClF2N6O3. The summed E-state index contributed by atoms with van der Waals surface area (Å²) in [6.07, 6.45) is 3.18. The first-order chi connectivity index (χ1) is 15.8. The van der Waals surface area contributed by atoms with E-state index in [1.54, 1.807) is 29.5 Å². The van der Waals surface area contributed by atoms with Crippen LogP contribution in [0.25, 0.3) is 0 Å². The summed E-state index contributed by atoms with van der Waals surface area (Å²) < 4.78 is 31.2. The highest BCUT2D eigenvalue weighted by Gasteiger charge is 2.34. The van der Waals surface area contributed by atoms with Gasteiger partial charge in [0.15, 0.2) is 6.61 Å². The fraction of sp³-hybridized carbons (Fsp3) is 0.286. The molecule has 33 heavy (non-hydrogen) atoms. The van der Waals surface area contributed by atoms with Gasteiger partial charge in [-0.3, -0.25) is 9.59 Å². The Morgan fingerprint density at radius 3 is 2.79 bits per heavy atom. The summed E-state index contributed by atoms with van der Waals surface area (Å²) in [5.74, 6) is -0.461. The highest BCUT2D eigenvalue weighted by atomic mass is 35.5. The molecule has 3 aromatic heterocycles. The van der Waals surface area contributed by atoms with Gasteiger partial charge in [0.05, 0.1) is 25.1 Å². The Kier molecular flexibility index (Phi) is 6.23. The normalized spacial score (nSPS) is 13.9. The van der Waals surface area contributed by atoms with E-state index in [9.17, 15) is 18.4 Å². The smallest absolute Gasteiger partial charge is 0.275 e. The molecule has 1 unspecified atom stereocenters. The van der Waals surface area contributed by atoms with Crippen molar-refractivity contribution in [3.63, 3.8) is 0 Å². The number of imidazole rings is 1. The molecule has 0 saturated heterocycles. The van der Waals surface area contributed by atoms with Gasteiger partial charge >= 0.3 is 0 Å². The lowest BCUT2D eigenvalue weighted by Gasteiger charge is -2.24. The van der Waals surface area contributed by atoms with Crippen molar-refractivity contribution >= 4 is 29.2 Å². The second kappa shape index (κ2) is 9.10. The number of nitrogens with one attached hydrogen (secondary N) is 1. The van der Waals surface area contributed by atoms with Crippen LogP contribution in [0.3, 0.4) is 0 Å². The molecule has 1 atom stereocenters. The molecule has 0 bridgehead atoms. The maximum Gasteiger partial charge on any atom is 0.275 e. The standard InChI is InChI=1S/C21H19ClF2N6O3/c1-11(12-5-15(22)20(27-6-12)33-9-17(23)24)30-8-14-13(21(30)32)3-4-26-18(14)28-19(31)16-7-25-10-29(16)2/h3-7,10-11,17H,8-9H2,1-2H3,(H,26,28,31). The monoisotopic (exact) mass is 476 g/mol. The molecular weight excluding hydrogens is 458 g/mol. The van der Waals surface area contributed by atoms with Gasteiger partial charge in [0.2, 0.25) is 5.88 Å². The predicted molar refractivity (Wildman–Crippen MR) is 114 cm³/mol. The van der Waals surface area contributed by atoms with E-state index < -0.39 is 25.0 Å². The van der Waals surface area contributed by atoms with Crippen molar-refractivity contribution in [2.24, 2.45) is 7.05 Å². The van der Waals surface area contributed by atoms with E-state index in [-0.39, 0.29) is 29.2 Å². The van der Waals surface area contributed by atoms with Crippen molar-refractivity contribution in [1.29, 1.82) is 0 Å². The van der Waals surface area contributed by atoms with E-state index in [1.165, 1.54) is 31.0 Å². The van der Waals surface area contributed by atoms with Crippen molar-refractivity contribution < 1.29 is 23.1 Å². The number of hydrogen-bond donors (Lipinski definition) is 1. The summed E-state index contributed by atoms with van der Waals surface area (Å²) in [4.78, 5) is 39.4. The maximum absolute atomic E-state index is 13.1. The molecule has 0 saturated carbocycles. The third kappa shape index (κ3) is 4.49. The van der Waals surface area contributed by atoms with E-state index in [0.29, 0.717) is 22.4 Å². The number of aromatic nitrogens is 4. The molecule has 4 heterocycles. The number of halogens is 3. The van der Waals surface area contributed by atoms with Crippen LogP contribution in [-0.4, -0.2) is 49.3 Å². The fourth-order valence-corrected chi connectivity index (χ4v) is 3.74. The maximum atomic E-state index is 13.1. The topological polar surface area (TPSA) is 102 Å². The van der Waals surface area contributed by atoms with Gasteiger partial charge in [-0.1, -0.05) is 11.6 Å². The average Bonchev–Trinajstić information content (AvgIpc) is 3.36. The van der Waals surface area contributed by atoms with Crippen molar-refractivity contribution in [2.75, 3.05) is 11.9 Å². The number of carbonyl (C=O) groups is 2. The van der Waals surface area contributed by atoms with Crippen LogP contribution in [0, 0.1) is 0 Å². The molecule has 0 aromatic carbocycles. The van der Waals surface area contributed by atoms with Crippen molar-refractivity contribution in [3.05, 3.63) is 64.5 Å².